The van der Waals surface area contributed by atoms with Gasteiger partial charge in [-0.3, -0.25) is 0 Å². The van der Waals surface area contributed by atoms with Crippen molar-refractivity contribution < 1.29 is 10.2 Å². The van der Waals surface area contributed by atoms with Crippen LogP contribution in [0.1, 0.15) is 106 Å². The molecular formula is C30H50O2. The van der Waals surface area contributed by atoms with Crippen LogP contribution in [0.15, 0.2) is 12.2 Å². The van der Waals surface area contributed by atoms with Crippen LogP contribution in [0.5, 0.6) is 0 Å². The molecule has 0 aromatic carbocycles. The monoisotopic (exact) mass is 442 g/mol. The highest BCUT2D eigenvalue weighted by atomic mass is 16.3. The van der Waals surface area contributed by atoms with E-state index in [9.17, 15) is 10.2 Å². The van der Waals surface area contributed by atoms with Gasteiger partial charge in [-0.2, -0.15) is 0 Å². The van der Waals surface area contributed by atoms with Crippen molar-refractivity contribution in [1.29, 1.82) is 0 Å². The first kappa shape index (κ1) is 23.4. The molecule has 0 saturated heterocycles. The largest absolute Gasteiger partial charge is 0.396 e. The van der Waals surface area contributed by atoms with Crippen molar-refractivity contribution in [3.63, 3.8) is 0 Å². The summed E-state index contributed by atoms with van der Waals surface area (Å²) in [5.74, 6) is 3.33. The van der Waals surface area contributed by atoms with E-state index in [0.717, 1.165) is 18.3 Å². The van der Waals surface area contributed by atoms with Gasteiger partial charge in [-0.25, -0.2) is 0 Å². The Labute approximate surface area is 197 Å². The van der Waals surface area contributed by atoms with E-state index >= 15 is 0 Å². The first-order valence-corrected chi connectivity index (χ1v) is 13.8. The van der Waals surface area contributed by atoms with Crippen molar-refractivity contribution in [2.24, 2.45) is 56.7 Å². The lowest BCUT2D eigenvalue weighted by atomic mass is 9.32. The fourth-order valence-corrected chi connectivity index (χ4v) is 11.5. The number of allylic oxidation sites excluding steroid dienone is 1. The van der Waals surface area contributed by atoms with Crippen LogP contribution in [0.25, 0.3) is 0 Å². The number of hydrogen-bond acceptors (Lipinski definition) is 2. The van der Waals surface area contributed by atoms with Crippen LogP contribution in [0.3, 0.4) is 0 Å². The van der Waals surface area contributed by atoms with E-state index in [-0.39, 0.29) is 16.9 Å². The minimum atomic E-state index is -0.147. The van der Waals surface area contributed by atoms with Crippen LogP contribution in [0.2, 0.25) is 0 Å². The Kier molecular flexibility index (Phi) is 5.19. The van der Waals surface area contributed by atoms with E-state index in [1.165, 1.54) is 63.4 Å². The topological polar surface area (TPSA) is 40.5 Å². The zero-order valence-electron chi connectivity index (χ0n) is 21.8. The summed E-state index contributed by atoms with van der Waals surface area (Å²) in [5, 5.41) is 21.5. The molecule has 0 heterocycles. The summed E-state index contributed by atoms with van der Waals surface area (Å²) >= 11 is 0. The first-order chi connectivity index (χ1) is 14.9. The van der Waals surface area contributed by atoms with Gasteiger partial charge >= 0.3 is 0 Å². The highest BCUT2D eigenvalue weighted by Crippen LogP contribution is 2.77. The summed E-state index contributed by atoms with van der Waals surface area (Å²) in [6, 6.07) is 0. The zero-order chi connectivity index (χ0) is 23.3. The molecule has 0 aromatic heterocycles. The average molecular weight is 443 g/mol. The second-order valence-corrected chi connectivity index (χ2v) is 14.6. The molecule has 2 heteroatoms. The third-order valence-electron chi connectivity index (χ3n) is 13.5. The van der Waals surface area contributed by atoms with Gasteiger partial charge in [0.05, 0.1) is 6.10 Å². The average Bonchev–Trinajstić information content (AvgIpc) is 3.12. The zero-order valence-corrected chi connectivity index (χ0v) is 21.8. The summed E-state index contributed by atoms with van der Waals surface area (Å²) in [4.78, 5) is 0. The van der Waals surface area contributed by atoms with Crippen molar-refractivity contribution in [1.82, 2.24) is 0 Å². The summed E-state index contributed by atoms with van der Waals surface area (Å²) in [7, 11) is 0. The first-order valence-electron chi connectivity index (χ1n) is 13.8. The SMILES string of the molecule is C=C(C)[C@@H]1CC[C@]2(CO)CCC3(C)[C@H](CCC4[C@@]5(C)CC[C@H](O)C(C)(C)C5CC[C@]43C)C12. The van der Waals surface area contributed by atoms with E-state index in [4.69, 9.17) is 0 Å². The summed E-state index contributed by atoms with van der Waals surface area (Å²) in [6.45, 7) is 19.7. The van der Waals surface area contributed by atoms with Gasteiger partial charge < -0.3 is 10.2 Å². The summed E-state index contributed by atoms with van der Waals surface area (Å²) < 4.78 is 0. The smallest absolute Gasteiger partial charge is 0.0594 e. The van der Waals surface area contributed by atoms with Gasteiger partial charge in [0, 0.05) is 6.61 Å². The standard InChI is InChI=1S/C30H50O2/c1-19(2)20-10-15-30(18-31)17-16-28(6)21(25(20)30)8-9-23-27(5)13-12-24(32)26(3,4)22(27)11-14-29(23,28)7/h20-25,31-32H,1,8-18H2,2-7H3/t20-,21+,22?,23?,24-,25?,27-,28?,29+,30+/m0/s1. The van der Waals surface area contributed by atoms with Crippen molar-refractivity contribution >= 4 is 0 Å². The second kappa shape index (κ2) is 7.09. The second-order valence-electron chi connectivity index (χ2n) is 14.6. The van der Waals surface area contributed by atoms with Crippen LogP contribution >= 0.6 is 0 Å². The number of rotatable bonds is 2. The van der Waals surface area contributed by atoms with E-state index in [1.54, 1.807) is 0 Å². The highest BCUT2D eigenvalue weighted by Gasteiger charge is 2.70. The van der Waals surface area contributed by atoms with Crippen molar-refractivity contribution in [3.8, 4) is 0 Å². The van der Waals surface area contributed by atoms with E-state index in [1.807, 2.05) is 0 Å². The molecule has 2 N–H and O–H groups in total. The Bertz CT molecular complexity index is 786. The molecule has 0 aliphatic heterocycles. The van der Waals surface area contributed by atoms with E-state index in [2.05, 4.69) is 48.1 Å². The molecule has 0 amide bonds. The lowest BCUT2D eigenvalue weighted by molar-refractivity contribution is -0.249. The van der Waals surface area contributed by atoms with Gasteiger partial charge in [-0.15, -0.1) is 0 Å². The number of aliphatic hydroxyl groups excluding tert-OH is 2. The third-order valence-corrected chi connectivity index (χ3v) is 13.5. The van der Waals surface area contributed by atoms with Crippen LogP contribution in [0.4, 0.5) is 0 Å². The Balaban J connectivity index is 1.55. The fraction of sp³-hybridized carbons (Fsp3) is 0.933. The molecular weight excluding hydrogens is 392 g/mol. The molecule has 5 fully saturated rings. The molecule has 182 valence electrons. The molecule has 10 atom stereocenters. The summed E-state index contributed by atoms with van der Waals surface area (Å²) in [5.41, 5.74) is 2.60. The van der Waals surface area contributed by atoms with Crippen LogP contribution in [-0.2, 0) is 0 Å². The number of fused-ring (bicyclic) bond motifs is 7. The molecule has 2 nitrogen and oxygen atoms in total. The highest BCUT2D eigenvalue weighted by molar-refractivity contribution is 5.21. The Morgan fingerprint density at radius 2 is 1.53 bits per heavy atom. The Hall–Kier alpha value is -0.340. The molecule has 5 aliphatic carbocycles. The normalized spacial score (nSPS) is 56.5. The molecule has 0 spiro atoms. The van der Waals surface area contributed by atoms with E-state index in [0.29, 0.717) is 40.6 Å². The molecule has 5 rings (SSSR count). The maximum Gasteiger partial charge on any atom is 0.0594 e. The van der Waals surface area contributed by atoms with Gasteiger partial charge in [-0.1, -0.05) is 46.8 Å². The molecule has 32 heavy (non-hydrogen) atoms. The predicted octanol–water partition coefficient (Wildman–Crippen LogP) is 7.00. The predicted molar refractivity (Wildman–Crippen MR) is 132 cm³/mol. The van der Waals surface area contributed by atoms with E-state index < -0.39 is 0 Å². The molecule has 0 radical (unpaired) electrons. The molecule has 0 bridgehead atoms. The van der Waals surface area contributed by atoms with Gasteiger partial charge in [-0.05, 0) is 128 Å². The third kappa shape index (κ3) is 2.66. The summed E-state index contributed by atoms with van der Waals surface area (Å²) in [6.07, 6.45) is 12.2. The van der Waals surface area contributed by atoms with Gasteiger partial charge in [0.25, 0.3) is 0 Å². The van der Waals surface area contributed by atoms with Crippen molar-refractivity contribution in [2.75, 3.05) is 6.61 Å². The van der Waals surface area contributed by atoms with Gasteiger partial charge in [0.2, 0.25) is 0 Å². The van der Waals surface area contributed by atoms with Gasteiger partial charge in [0.15, 0.2) is 0 Å². The molecule has 5 saturated carbocycles. The Morgan fingerprint density at radius 3 is 2.19 bits per heavy atom. The lowest BCUT2D eigenvalue weighted by Gasteiger charge is -2.73. The number of aliphatic hydroxyl groups is 2. The van der Waals surface area contributed by atoms with Crippen molar-refractivity contribution in [3.05, 3.63) is 12.2 Å². The maximum absolute atomic E-state index is 10.9. The fourth-order valence-electron chi connectivity index (χ4n) is 11.5. The molecule has 4 unspecified atom stereocenters. The molecule has 5 aliphatic rings. The van der Waals surface area contributed by atoms with Crippen LogP contribution in [0, 0.1) is 56.7 Å². The van der Waals surface area contributed by atoms with Gasteiger partial charge in [0.1, 0.15) is 0 Å². The minimum Gasteiger partial charge on any atom is -0.396 e. The number of hydrogen-bond donors (Lipinski definition) is 2. The van der Waals surface area contributed by atoms with Crippen molar-refractivity contribution in [2.45, 2.75) is 112 Å². The lowest BCUT2D eigenvalue weighted by Crippen LogP contribution is -2.66. The van der Waals surface area contributed by atoms with Crippen LogP contribution in [-0.4, -0.2) is 22.9 Å². The Morgan fingerprint density at radius 1 is 0.812 bits per heavy atom. The quantitative estimate of drug-likeness (QED) is 0.452. The molecule has 0 aromatic rings. The maximum atomic E-state index is 10.9. The minimum absolute atomic E-state index is 0.0290. The van der Waals surface area contributed by atoms with Crippen LogP contribution < -0.4 is 0 Å².